The first-order valence-corrected chi connectivity index (χ1v) is 22.9. The van der Waals surface area contributed by atoms with Gasteiger partial charge in [-0.15, -0.1) is 0 Å². The molecule has 10 heteroatoms. The van der Waals surface area contributed by atoms with Gasteiger partial charge in [0.15, 0.2) is 6.10 Å². The van der Waals surface area contributed by atoms with Crippen molar-refractivity contribution >= 4 is 13.8 Å². The van der Waals surface area contributed by atoms with Crippen molar-refractivity contribution in [3.8, 4) is 0 Å². The van der Waals surface area contributed by atoms with Crippen LogP contribution in [0.15, 0.2) is 85.3 Å². The molecule has 2 unspecified atom stereocenters. The summed E-state index contributed by atoms with van der Waals surface area (Å²) in [6, 6.07) is 0. The first kappa shape index (κ1) is 53.5. The van der Waals surface area contributed by atoms with Crippen molar-refractivity contribution in [2.24, 2.45) is 0 Å². The van der Waals surface area contributed by atoms with Gasteiger partial charge in [-0.3, -0.25) is 9.36 Å². The van der Waals surface area contributed by atoms with Crippen molar-refractivity contribution in [3.63, 3.8) is 0 Å². The molecule has 0 bridgehead atoms. The van der Waals surface area contributed by atoms with Crippen LogP contribution < -0.4 is 4.89 Å². The number of carbonyl (C=O) groups excluding carboxylic acids is 1. The number of esters is 1. The Morgan fingerprint density at radius 3 is 1.79 bits per heavy atom. The van der Waals surface area contributed by atoms with Crippen molar-refractivity contribution in [2.45, 2.75) is 154 Å². The molecule has 3 atom stereocenters. The van der Waals surface area contributed by atoms with Crippen molar-refractivity contribution < 1.29 is 42.4 Å². The molecule has 0 amide bonds. The predicted molar refractivity (Wildman–Crippen MR) is 232 cm³/mol. The molecule has 0 radical (unpaired) electrons. The number of phosphoric acid groups is 1. The van der Waals surface area contributed by atoms with Crippen LogP contribution in [-0.2, 0) is 27.9 Å². The van der Waals surface area contributed by atoms with Crippen LogP contribution in [0.2, 0.25) is 0 Å². The first-order valence-electron chi connectivity index (χ1n) is 21.5. The average molecular weight is 806 g/mol. The third kappa shape index (κ3) is 41.1. The highest BCUT2D eigenvalue weighted by Gasteiger charge is 2.21. The second kappa shape index (κ2) is 38.0. The predicted octanol–water partition coefficient (Wildman–Crippen LogP) is 11.2. The summed E-state index contributed by atoms with van der Waals surface area (Å²) >= 11 is 0. The van der Waals surface area contributed by atoms with Gasteiger partial charge in [0.1, 0.15) is 19.8 Å². The smallest absolute Gasteiger partial charge is 0.306 e. The molecule has 0 aromatic heterocycles. The maximum atomic E-state index is 12.7. The zero-order valence-electron chi connectivity index (χ0n) is 35.9. The molecule has 0 rings (SSSR count). The molecule has 0 aromatic carbocycles. The molecule has 0 aromatic rings. The third-order valence-corrected chi connectivity index (χ3v) is 9.61. The number of carbonyl (C=O) groups is 1. The number of nitrogens with zero attached hydrogens (tertiary/aromatic N) is 1. The van der Waals surface area contributed by atoms with Gasteiger partial charge in [-0.2, -0.15) is 0 Å². The molecular weight excluding hydrogens is 725 g/mol. The Morgan fingerprint density at radius 2 is 1.23 bits per heavy atom. The van der Waals surface area contributed by atoms with Gasteiger partial charge in [-0.25, -0.2) is 0 Å². The summed E-state index contributed by atoms with van der Waals surface area (Å²) in [7, 11) is 1.17. The van der Waals surface area contributed by atoms with Gasteiger partial charge in [0.05, 0.1) is 40.1 Å². The Bertz CT molecular complexity index is 1180. The quantitative estimate of drug-likeness (QED) is 0.0125. The minimum atomic E-state index is -4.61. The Kier molecular flexibility index (Phi) is 36.3. The van der Waals surface area contributed by atoms with Crippen LogP contribution in [0.4, 0.5) is 0 Å². The van der Waals surface area contributed by atoms with E-state index in [2.05, 4.69) is 62.5 Å². The van der Waals surface area contributed by atoms with Crippen molar-refractivity contribution in [1.29, 1.82) is 0 Å². The van der Waals surface area contributed by atoms with Crippen LogP contribution in [0.25, 0.3) is 0 Å². The van der Waals surface area contributed by atoms with Crippen molar-refractivity contribution in [1.82, 2.24) is 0 Å². The molecular formula is C46H80NO8P. The number of hydrogen-bond donors (Lipinski definition) is 1. The number of aliphatic hydroxyl groups excluding tert-OH is 1. The lowest BCUT2D eigenvalue weighted by Gasteiger charge is -2.28. The molecule has 1 N–H and O–H groups in total. The Hall–Kier alpha value is -2.52. The van der Waals surface area contributed by atoms with Crippen molar-refractivity contribution in [3.05, 3.63) is 85.3 Å². The van der Waals surface area contributed by atoms with E-state index < -0.39 is 32.6 Å². The molecule has 0 fully saturated rings. The maximum absolute atomic E-state index is 12.7. The summed E-state index contributed by atoms with van der Waals surface area (Å²) in [5, 5.41) is 10.3. The number of ether oxygens (including phenoxy) is 2. The summed E-state index contributed by atoms with van der Waals surface area (Å²) in [5.41, 5.74) is 0. The summed E-state index contributed by atoms with van der Waals surface area (Å²) in [4.78, 5) is 25.0. The van der Waals surface area contributed by atoms with Crippen LogP contribution in [0.3, 0.4) is 0 Å². The van der Waals surface area contributed by atoms with E-state index in [0.29, 0.717) is 11.0 Å². The molecule has 0 heterocycles. The lowest BCUT2D eigenvalue weighted by atomic mass is 10.0. The van der Waals surface area contributed by atoms with E-state index in [1.165, 1.54) is 70.6 Å². The lowest BCUT2D eigenvalue weighted by Crippen LogP contribution is -2.37. The topological polar surface area (TPSA) is 114 Å². The van der Waals surface area contributed by atoms with E-state index in [4.69, 9.17) is 18.5 Å². The monoisotopic (exact) mass is 806 g/mol. The normalized spacial score (nSPS) is 15.1. The minimum absolute atomic E-state index is 0.0296. The van der Waals surface area contributed by atoms with Gasteiger partial charge < -0.3 is 33.0 Å². The zero-order valence-corrected chi connectivity index (χ0v) is 36.8. The van der Waals surface area contributed by atoms with Crippen molar-refractivity contribution in [2.75, 3.05) is 47.5 Å². The minimum Gasteiger partial charge on any atom is -0.756 e. The highest BCUT2D eigenvalue weighted by atomic mass is 31.2. The van der Waals surface area contributed by atoms with Gasteiger partial charge >= 0.3 is 5.97 Å². The lowest BCUT2D eigenvalue weighted by molar-refractivity contribution is -0.870. The van der Waals surface area contributed by atoms with E-state index in [1.54, 1.807) is 18.4 Å². The van der Waals surface area contributed by atoms with Crippen LogP contribution in [0, 0.1) is 0 Å². The number of phosphoric ester groups is 1. The van der Waals surface area contributed by atoms with Crippen LogP contribution in [0.5, 0.6) is 0 Å². The first-order chi connectivity index (χ1) is 27.0. The van der Waals surface area contributed by atoms with Gasteiger partial charge in [-0.05, 0) is 57.4 Å². The summed E-state index contributed by atoms with van der Waals surface area (Å²) in [6.45, 7) is 4.32. The maximum Gasteiger partial charge on any atom is 0.306 e. The highest BCUT2D eigenvalue weighted by Crippen LogP contribution is 2.38. The van der Waals surface area contributed by atoms with E-state index in [-0.39, 0.29) is 26.1 Å². The Labute approximate surface area is 342 Å². The standard InChI is InChI=1S/C46H80NO8P/c1-6-8-10-12-14-16-18-20-22-23-24-26-28-30-32-34-36-44(48)37-38-46(49)55-45(43-54-56(50,51)53-41-39-47(3,4)5)42-52-40-35-33-31-29-27-25-21-19-17-15-13-11-9-7-2/h8,10,14,16,20,22,24,26,30,32,34-36,40,44-45,48H,6-7,9,11-13,15,17-19,21,23,25,27-29,31,33,37-39,41-43H2,1-5H3/b10-8-,16-14-,22-20-,26-24-,32-30-,36-34-,40-35+/t44?,45-/m1/s1. The fourth-order valence-corrected chi connectivity index (χ4v) is 6.00. The molecule has 0 spiro atoms. The molecule has 0 saturated carbocycles. The number of aliphatic hydroxyl groups is 1. The number of allylic oxidation sites excluding steroid dienone is 12. The summed E-state index contributed by atoms with van der Waals surface area (Å²) < 4.78 is 34.1. The largest absolute Gasteiger partial charge is 0.756 e. The fourth-order valence-electron chi connectivity index (χ4n) is 5.27. The zero-order chi connectivity index (χ0) is 41.4. The SMILES string of the molecule is CC/C=C\C/C=C\C/C=C\C/C=C\C/C=C\C=C/C(O)CCC(=O)O[C@H](CO/C=C/CCCCCCCCCCCCCC)COP(=O)([O-])OCC[N+](C)(C)C. The van der Waals surface area contributed by atoms with E-state index in [0.717, 1.165) is 44.9 Å². The van der Waals surface area contributed by atoms with Crippen LogP contribution in [-0.4, -0.2) is 75.3 Å². The van der Waals surface area contributed by atoms with Crippen LogP contribution in [0.1, 0.15) is 142 Å². The van der Waals surface area contributed by atoms with Gasteiger partial charge in [0.25, 0.3) is 7.82 Å². The average Bonchev–Trinajstić information content (AvgIpc) is 3.15. The van der Waals surface area contributed by atoms with Crippen LogP contribution >= 0.6 is 7.82 Å². The Morgan fingerprint density at radius 1 is 0.696 bits per heavy atom. The summed E-state index contributed by atoms with van der Waals surface area (Å²) in [5.74, 6) is -0.586. The molecule has 56 heavy (non-hydrogen) atoms. The molecule has 0 aliphatic rings. The molecule has 0 aliphatic heterocycles. The molecule has 0 saturated heterocycles. The van der Waals surface area contributed by atoms with E-state index in [9.17, 15) is 19.4 Å². The van der Waals surface area contributed by atoms with Gasteiger partial charge in [-0.1, -0.05) is 157 Å². The second-order valence-corrected chi connectivity index (χ2v) is 16.7. The second-order valence-electron chi connectivity index (χ2n) is 15.2. The van der Waals surface area contributed by atoms with Gasteiger partial charge in [0.2, 0.25) is 0 Å². The number of hydrogen-bond acceptors (Lipinski definition) is 8. The molecule has 322 valence electrons. The number of unbranched alkanes of at least 4 members (excludes halogenated alkanes) is 12. The van der Waals surface area contributed by atoms with Gasteiger partial charge in [0, 0.05) is 6.42 Å². The Balaban J connectivity index is 4.58. The highest BCUT2D eigenvalue weighted by molar-refractivity contribution is 7.45. The number of quaternary nitrogens is 1. The molecule has 0 aliphatic carbocycles. The summed E-state index contributed by atoms with van der Waals surface area (Å²) in [6.07, 6.45) is 47.3. The number of rotatable bonds is 38. The third-order valence-electron chi connectivity index (χ3n) is 8.64. The fraction of sp³-hybridized carbons (Fsp3) is 0.674. The van der Waals surface area contributed by atoms with E-state index >= 15 is 0 Å². The number of likely N-dealkylation sites (N-methyl/N-ethyl adjacent to an activating group) is 1. The van der Waals surface area contributed by atoms with E-state index in [1.807, 2.05) is 39.4 Å². The molecule has 9 nitrogen and oxygen atoms in total.